The predicted molar refractivity (Wildman–Crippen MR) is 60.8 cm³/mol. The first kappa shape index (κ1) is 10.7. The van der Waals surface area contributed by atoms with E-state index in [4.69, 9.17) is 5.26 Å². The summed E-state index contributed by atoms with van der Waals surface area (Å²) in [4.78, 5) is 11.8. The molecule has 1 N–H and O–H groups in total. The molecule has 3 heteroatoms. The number of carbonyl (C=O) groups excluding carboxylic acids is 1. The van der Waals surface area contributed by atoms with Crippen molar-refractivity contribution in [2.75, 3.05) is 0 Å². The molecule has 0 aliphatic heterocycles. The lowest BCUT2D eigenvalue weighted by Gasteiger charge is -2.10. The van der Waals surface area contributed by atoms with Crippen molar-refractivity contribution in [3.63, 3.8) is 0 Å². The number of hydrogen-bond donors (Lipinski definition) is 1. The van der Waals surface area contributed by atoms with Gasteiger partial charge in [-0.25, -0.2) is 0 Å². The summed E-state index contributed by atoms with van der Waals surface area (Å²) in [5, 5.41) is 11.7. The van der Waals surface area contributed by atoms with Crippen LogP contribution in [0.5, 0.6) is 0 Å². The highest BCUT2D eigenvalue weighted by Crippen LogP contribution is 2.32. The van der Waals surface area contributed by atoms with Crippen molar-refractivity contribution in [3.05, 3.63) is 35.4 Å². The molecular weight excluding hydrogens is 200 g/mol. The second-order valence-electron chi connectivity index (χ2n) is 4.29. The average Bonchev–Trinajstić information content (AvgIpc) is 3.09. The Kier molecular flexibility index (Phi) is 2.91. The molecule has 0 aromatic heterocycles. The molecule has 2 rings (SSSR count). The molecule has 3 nitrogen and oxygen atoms in total. The Balaban J connectivity index is 2.05. The SMILES string of the molecule is Cc1cccc(C(=O)NC(C#N)C2CC2)c1. The molecule has 1 amide bonds. The van der Waals surface area contributed by atoms with Gasteiger partial charge in [-0.2, -0.15) is 5.26 Å². The lowest BCUT2D eigenvalue weighted by Crippen LogP contribution is -2.35. The maximum absolute atomic E-state index is 11.8. The van der Waals surface area contributed by atoms with Crippen LogP contribution < -0.4 is 5.32 Å². The summed E-state index contributed by atoms with van der Waals surface area (Å²) in [7, 11) is 0. The lowest BCUT2D eigenvalue weighted by atomic mass is 10.1. The standard InChI is InChI=1S/C13H14N2O/c1-9-3-2-4-11(7-9)13(16)15-12(8-14)10-5-6-10/h2-4,7,10,12H,5-6H2,1H3,(H,15,16). The molecule has 0 heterocycles. The van der Waals surface area contributed by atoms with Crippen molar-refractivity contribution in [1.29, 1.82) is 5.26 Å². The minimum absolute atomic E-state index is 0.151. The molecule has 1 aliphatic carbocycles. The Morgan fingerprint density at radius 2 is 2.31 bits per heavy atom. The zero-order valence-corrected chi connectivity index (χ0v) is 9.23. The van der Waals surface area contributed by atoms with Gasteiger partial charge in [-0.1, -0.05) is 17.7 Å². The van der Waals surface area contributed by atoms with E-state index in [0.29, 0.717) is 11.5 Å². The molecule has 0 saturated heterocycles. The van der Waals surface area contributed by atoms with E-state index in [1.54, 1.807) is 6.07 Å². The number of carbonyl (C=O) groups is 1. The van der Waals surface area contributed by atoms with Crippen LogP contribution in [-0.4, -0.2) is 11.9 Å². The first-order chi connectivity index (χ1) is 7.70. The van der Waals surface area contributed by atoms with Crippen LogP contribution in [0.3, 0.4) is 0 Å². The zero-order valence-electron chi connectivity index (χ0n) is 9.23. The minimum Gasteiger partial charge on any atom is -0.336 e. The van der Waals surface area contributed by atoms with Crippen molar-refractivity contribution in [1.82, 2.24) is 5.32 Å². The van der Waals surface area contributed by atoms with E-state index < -0.39 is 0 Å². The predicted octanol–water partition coefficient (Wildman–Crippen LogP) is 2.03. The van der Waals surface area contributed by atoms with Crippen molar-refractivity contribution in [3.8, 4) is 6.07 Å². The van der Waals surface area contributed by atoms with E-state index >= 15 is 0 Å². The van der Waals surface area contributed by atoms with Crippen LogP contribution in [-0.2, 0) is 0 Å². The molecule has 1 saturated carbocycles. The van der Waals surface area contributed by atoms with E-state index in [2.05, 4.69) is 11.4 Å². The van der Waals surface area contributed by atoms with Gasteiger partial charge >= 0.3 is 0 Å². The number of benzene rings is 1. The average molecular weight is 214 g/mol. The molecule has 1 atom stereocenters. The molecule has 0 radical (unpaired) electrons. The van der Waals surface area contributed by atoms with Gasteiger partial charge in [0.15, 0.2) is 0 Å². The molecule has 0 spiro atoms. The maximum atomic E-state index is 11.8. The van der Waals surface area contributed by atoms with E-state index in [9.17, 15) is 4.79 Å². The monoisotopic (exact) mass is 214 g/mol. The molecule has 1 aliphatic rings. The van der Waals surface area contributed by atoms with E-state index in [-0.39, 0.29) is 11.9 Å². The molecule has 1 unspecified atom stereocenters. The first-order valence-electron chi connectivity index (χ1n) is 5.48. The third-order valence-electron chi connectivity index (χ3n) is 2.80. The van der Waals surface area contributed by atoms with Gasteiger partial charge in [0.25, 0.3) is 5.91 Å². The quantitative estimate of drug-likeness (QED) is 0.837. The fourth-order valence-corrected chi connectivity index (χ4v) is 1.70. The van der Waals surface area contributed by atoms with Crippen LogP contribution in [0.1, 0.15) is 28.8 Å². The van der Waals surface area contributed by atoms with Gasteiger partial charge in [0, 0.05) is 5.56 Å². The normalized spacial score (nSPS) is 16.2. The molecule has 16 heavy (non-hydrogen) atoms. The second-order valence-corrected chi connectivity index (χ2v) is 4.29. The fourth-order valence-electron chi connectivity index (χ4n) is 1.70. The highest BCUT2D eigenvalue weighted by atomic mass is 16.1. The van der Waals surface area contributed by atoms with Crippen LogP contribution in [0, 0.1) is 24.2 Å². The summed E-state index contributed by atoms with van der Waals surface area (Å²) in [6, 6.07) is 9.21. The van der Waals surface area contributed by atoms with Crippen molar-refractivity contribution in [2.24, 2.45) is 5.92 Å². The number of aryl methyl sites for hydroxylation is 1. The van der Waals surface area contributed by atoms with Gasteiger partial charge in [-0.3, -0.25) is 4.79 Å². The van der Waals surface area contributed by atoms with Gasteiger partial charge in [-0.15, -0.1) is 0 Å². The Morgan fingerprint density at radius 3 is 2.88 bits per heavy atom. The number of rotatable bonds is 3. The van der Waals surface area contributed by atoms with Gasteiger partial charge in [0.1, 0.15) is 6.04 Å². The molecule has 1 aromatic rings. The third kappa shape index (κ3) is 2.40. The summed E-state index contributed by atoms with van der Waals surface area (Å²) in [6.45, 7) is 1.94. The maximum Gasteiger partial charge on any atom is 0.252 e. The summed E-state index contributed by atoms with van der Waals surface area (Å²) >= 11 is 0. The zero-order chi connectivity index (χ0) is 11.5. The summed E-state index contributed by atoms with van der Waals surface area (Å²) in [5.74, 6) is 0.209. The third-order valence-corrected chi connectivity index (χ3v) is 2.80. The summed E-state index contributed by atoms with van der Waals surface area (Å²) in [6.07, 6.45) is 2.10. The Hall–Kier alpha value is -1.82. The van der Waals surface area contributed by atoms with Crippen molar-refractivity contribution >= 4 is 5.91 Å². The molecular formula is C13H14N2O. The Labute approximate surface area is 95.1 Å². The van der Waals surface area contributed by atoms with Gasteiger partial charge in [-0.05, 0) is 37.8 Å². The number of hydrogen-bond acceptors (Lipinski definition) is 2. The van der Waals surface area contributed by atoms with Crippen LogP contribution >= 0.6 is 0 Å². The largest absolute Gasteiger partial charge is 0.336 e. The Bertz CT molecular complexity index is 443. The van der Waals surface area contributed by atoms with Crippen LogP contribution in [0.4, 0.5) is 0 Å². The summed E-state index contributed by atoms with van der Waals surface area (Å²) in [5.41, 5.74) is 1.67. The number of nitrogens with zero attached hydrogens (tertiary/aromatic N) is 1. The fraction of sp³-hybridized carbons (Fsp3) is 0.385. The summed E-state index contributed by atoms with van der Waals surface area (Å²) < 4.78 is 0. The Morgan fingerprint density at radius 1 is 1.56 bits per heavy atom. The number of nitrogens with one attached hydrogen (secondary N) is 1. The topological polar surface area (TPSA) is 52.9 Å². The molecule has 0 bridgehead atoms. The number of nitriles is 1. The smallest absolute Gasteiger partial charge is 0.252 e. The van der Waals surface area contributed by atoms with Crippen molar-refractivity contribution in [2.45, 2.75) is 25.8 Å². The highest BCUT2D eigenvalue weighted by Gasteiger charge is 2.32. The molecule has 82 valence electrons. The van der Waals surface area contributed by atoms with E-state index in [1.165, 1.54) is 0 Å². The number of amides is 1. The second kappa shape index (κ2) is 4.36. The van der Waals surface area contributed by atoms with E-state index in [0.717, 1.165) is 18.4 Å². The van der Waals surface area contributed by atoms with Crippen LogP contribution in [0.2, 0.25) is 0 Å². The van der Waals surface area contributed by atoms with Gasteiger partial charge < -0.3 is 5.32 Å². The van der Waals surface area contributed by atoms with Gasteiger partial charge in [0.05, 0.1) is 6.07 Å². The van der Waals surface area contributed by atoms with Crippen molar-refractivity contribution < 1.29 is 4.79 Å². The molecule has 1 fully saturated rings. The first-order valence-corrected chi connectivity index (χ1v) is 5.48. The van der Waals surface area contributed by atoms with Gasteiger partial charge in [0.2, 0.25) is 0 Å². The van der Waals surface area contributed by atoms with Crippen LogP contribution in [0.15, 0.2) is 24.3 Å². The minimum atomic E-state index is -0.326. The highest BCUT2D eigenvalue weighted by molar-refractivity contribution is 5.94. The van der Waals surface area contributed by atoms with Crippen LogP contribution in [0.25, 0.3) is 0 Å². The lowest BCUT2D eigenvalue weighted by molar-refractivity contribution is 0.0942. The van der Waals surface area contributed by atoms with E-state index in [1.807, 2.05) is 25.1 Å². The molecule has 1 aromatic carbocycles.